The van der Waals surface area contributed by atoms with E-state index in [1.165, 1.54) is 12.4 Å². The van der Waals surface area contributed by atoms with E-state index in [0.29, 0.717) is 71.0 Å². The van der Waals surface area contributed by atoms with Crippen molar-refractivity contribution in [2.45, 2.75) is 158 Å². The lowest BCUT2D eigenvalue weighted by molar-refractivity contribution is -0.142. The van der Waals surface area contributed by atoms with E-state index in [0.717, 1.165) is 43.1 Å². The highest BCUT2D eigenvalue weighted by Crippen LogP contribution is 2.29. The molecule has 4 unspecified atom stereocenters. The minimum absolute atomic E-state index is 0.00491. The molecule has 8 amide bonds. The largest absolute Gasteiger partial charge is 0.394 e. The third-order valence-electron chi connectivity index (χ3n) is 11.6. The number of fused-ring (bicyclic) bond motifs is 1. The van der Waals surface area contributed by atoms with E-state index in [-0.39, 0.29) is 42.0 Å². The fraction of sp³-hybridized carbons (Fsp3) is 0.722. The summed E-state index contributed by atoms with van der Waals surface area (Å²) in [5.41, 5.74) is 2.10. The maximum atomic E-state index is 14.1. The van der Waals surface area contributed by atoms with Gasteiger partial charge >= 0.3 is 6.03 Å². The Labute approximate surface area is 479 Å². The molecule has 81 heavy (non-hydrogen) atoms. The minimum Gasteiger partial charge on any atom is -0.394 e. The summed E-state index contributed by atoms with van der Waals surface area (Å²) < 4.78 is 72.1. The molecule has 2 fully saturated rings. The second kappa shape index (κ2) is 39.1. The number of nitrogens with two attached hydrogens (primary N) is 1. The summed E-state index contributed by atoms with van der Waals surface area (Å²) in [5.74, 6) is -6.69. The highest BCUT2D eigenvalue weighted by Gasteiger charge is 2.36. The molecule has 2 aliphatic heterocycles. The third kappa shape index (κ3) is 33.3. The highest BCUT2D eigenvalue weighted by atomic mass is 32.2. The number of rotatable bonds is 31. The number of aliphatic hydroxyl groups is 1. The number of nitrogen functional groups attached to an aromatic ring is 1. The van der Waals surface area contributed by atoms with Crippen molar-refractivity contribution in [1.82, 2.24) is 48.0 Å². The van der Waals surface area contributed by atoms with Gasteiger partial charge in [0.15, 0.2) is 23.3 Å². The standard InChI is InChI=1S/C27H42F4N4O3.C18H34N4O8.C5H8N2OS.C4H10/c1-7-8-10-18(36)33-13-9-11-27(5,6)38-14-12-26(3,4)16-35-19(37)15-34-17(2)20-21(28)23(30)25(32)24(31)22(20)29;1-12(23)19-5-7-29-9-10-30-8-6-20-17(27)15(18(2,3)4)21-14(25)11-13(24)16(26)22-28;8-5-6-3-1-9-2-4(3)7-5;1-4(2)3/h34H,2,7-16,32H2,1,3-6H3,(H,33,36)(H,35,37);13,15,24,28H,5-11H2,1-4H3,(H,19,23)(H,20,27)(H,21,25)(H,22,26);3-4H,1-2H2,(H2,6,7,8);4H,1-3H3. The van der Waals surface area contributed by atoms with Crippen molar-refractivity contribution < 1.29 is 75.6 Å². The van der Waals surface area contributed by atoms with Gasteiger partial charge in [0.2, 0.25) is 29.5 Å². The topological polar surface area (TPSA) is 322 Å². The average molecular weight is 1180 g/mol. The Bertz CT molecular complexity index is 2110. The molecule has 3 rings (SSSR count). The number of halogens is 4. The lowest BCUT2D eigenvalue weighted by Gasteiger charge is -2.30. The van der Waals surface area contributed by atoms with Crippen LogP contribution in [0.1, 0.15) is 134 Å². The summed E-state index contributed by atoms with van der Waals surface area (Å²) >= 11 is 1.89. The van der Waals surface area contributed by atoms with Crippen LogP contribution in [0, 0.1) is 40.0 Å². The first-order valence-electron chi connectivity index (χ1n) is 27.2. The summed E-state index contributed by atoms with van der Waals surface area (Å²) in [4.78, 5) is 80.8. The van der Waals surface area contributed by atoms with Gasteiger partial charge in [0.25, 0.3) is 5.91 Å². The predicted molar refractivity (Wildman–Crippen MR) is 303 cm³/mol. The van der Waals surface area contributed by atoms with Gasteiger partial charge in [-0.2, -0.15) is 11.8 Å². The molecule has 1 aromatic rings. The molecular formula is C54H94F4N10O12S. The van der Waals surface area contributed by atoms with E-state index in [4.69, 9.17) is 25.2 Å². The van der Waals surface area contributed by atoms with Crippen molar-refractivity contribution in [2.24, 2.45) is 16.7 Å². The van der Waals surface area contributed by atoms with Gasteiger partial charge in [0, 0.05) is 63.3 Å². The Hall–Kier alpha value is -5.48. The van der Waals surface area contributed by atoms with Crippen LogP contribution in [0.2, 0.25) is 0 Å². The Kier molecular flexibility index (Phi) is 36.4. The first kappa shape index (κ1) is 75.5. The van der Waals surface area contributed by atoms with Crippen molar-refractivity contribution in [3.63, 3.8) is 0 Å². The zero-order chi connectivity index (χ0) is 62.1. The van der Waals surface area contributed by atoms with Crippen LogP contribution >= 0.6 is 11.8 Å². The second-order valence-electron chi connectivity index (χ2n) is 22.4. The maximum absolute atomic E-state index is 14.1. The number of hydrogen-bond acceptors (Lipinski definition) is 15. The second-order valence-corrected chi connectivity index (χ2v) is 23.5. The number of aliphatic hydroxyl groups excluding tert-OH is 1. The van der Waals surface area contributed by atoms with Gasteiger partial charge in [-0.25, -0.2) is 27.8 Å². The summed E-state index contributed by atoms with van der Waals surface area (Å²) in [7, 11) is 0. The van der Waals surface area contributed by atoms with E-state index < -0.39 is 94.4 Å². The lowest BCUT2D eigenvalue weighted by Crippen LogP contribution is -2.54. The van der Waals surface area contributed by atoms with Crippen LogP contribution in [0.25, 0.3) is 5.70 Å². The number of carbonyl (C=O) groups is 7. The summed E-state index contributed by atoms with van der Waals surface area (Å²) in [6, 6.07) is -0.0956. The smallest absolute Gasteiger partial charge is 0.315 e. The minimum atomic E-state index is -1.73. The zero-order valence-corrected chi connectivity index (χ0v) is 50.3. The molecule has 27 heteroatoms. The first-order valence-corrected chi connectivity index (χ1v) is 28.3. The molecule has 1 aromatic carbocycles. The zero-order valence-electron chi connectivity index (χ0n) is 49.5. The van der Waals surface area contributed by atoms with Crippen LogP contribution in [0.5, 0.6) is 0 Å². The van der Waals surface area contributed by atoms with Gasteiger partial charge < -0.3 is 67.6 Å². The Morgan fingerprint density at radius 3 is 1.79 bits per heavy atom. The van der Waals surface area contributed by atoms with Gasteiger partial charge in [-0.3, -0.25) is 34.0 Å². The highest BCUT2D eigenvalue weighted by molar-refractivity contribution is 7.99. The molecule has 0 bridgehead atoms. The molecule has 22 nitrogen and oxygen atoms in total. The number of thioether (sulfide) groups is 1. The molecule has 0 aromatic heterocycles. The molecule has 2 heterocycles. The van der Waals surface area contributed by atoms with Crippen LogP contribution < -0.4 is 53.7 Å². The van der Waals surface area contributed by atoms with Crippen molar-refractivity contribution in [1.29, 1.82) is 0 Å². The Morgan fingerprint density at radius 1 is 0.741 bits per heavy atom. The van der Waals surface area contributed by atoms with Crippen molar-refractivity contribution in [3.05, 3.63) is 35.4 Å². The van der Waals surface area contributed by atoms with Gasteiger partial charge in [-0.15, -0.1) is 0 Å². The molecule has 0 aliphatic carbocycles. The van der Waals surface area contributed by atoms with Gasteiger partial charge in [0.1, 0.15) is 17.8 Å². The molecule has 2 saturated heterocycles. The van der Waals surface area contributed by atoms with Crippen LogP contribution in [0.3, 0.4) is 0 Å². The number of benzene rings is 1. The van der Waals surface area contributed by atoms with Gasteiger partial charge in [-0.05, 0) is 56.3 Å². The normalized spacial score (nSPS) is 15.3. The van der Waals surface area contributed by atoms with Crippen LogP contribution in [-0.2, 0) is 43.0 Å². The fourth-order valence-electron chi connectivity index (χ4n) is 6.95. The number of amides is 8. The lowest BCUT2D eigenvalue weighted by atomic mass is 9.86. The number of anilines is 1. The Morgan fingerprint density at radius 2 is 1.28 bits per heavy atom. The summed E-state index contributed by atoms with van der Waals surface area (Å²) in [6.45, 7) is 29.3. The number of hydroxylamine groups is 1. The molecular weight excluding hydrogens is 1090 g/mol. The number of hydrogen-bond donors (Lipinski definition) is 12. The number of nitrogens with one attached hydrogen (secondary N) is 9. The van der Waals surface area contributed by atoms with E-state index in [9.17, 15) is 56.2 Å². The fourth-order valence-corrected chi connectivity index (χ4v) is 8.22. The van der Waals surface area contributed by atoms with Crippen molar-refractivity contribution in [2.75, 3.05) is 83.0 Å². The average Bonchev–Trinajstić information content (AvgIpc) is 4.11. The van der Waals surface area contributed by atoms with E-state index >= 15 is 0 Å². The molecule has 466 valence electrons. The predicted octanol–water partition coefficient (Wildman–Crippen LogP) is 4.30. The van der Waals surface area contributed by atoms with E-state index in [1.807, 2.05) is 46.4 Å². The van der Waals surface area contributed by atoms with Crippen LogP contribution in [0.4, 0.5) is 28.0 Å². The van der Waals surface area contributed by atoms with Crippen LogP contribution in [0.15, 0.2) is 6.58 Å². The molecule has 0 spiro atoms. The summed E-state index contributed by atoms with van der Waals surface area (Å²) in [6.07, 6.45) is 2.30. The first-order chi connectivity index (χ1) is 37.7. The Balaban J connectivity index is 0.00000130. The summed E-state index contributed by atoms with van der Waals surface area (Å²) in [5, 5.41) is 39.4. The monoisotopic (exact) mass is 1180 g/mol. The van der Waals surface area contributed by atoms with Gasteiger partial charge in [0.05, 0.1) is 62.6 Å². The SMILES string of the molecule is C=C(NCC(=O)NCC(C)(C)CCOC(C)(C)CCCNC(=O)CCCC)c1c(F)c(F)c(N)c(F)c1F.CC(=O)NCCOCCOCCNC(=O)C(NC(=O)CC(O)C(=O)NO)C(C)(C)C.CC(C)C.O=C1NC2CSCC2N1. The van der Waals surface area contributed by atoms with Crippen molar-refractivity contribution >= 4 is 64.6 Å². The number of unbranched alkanes of at least 4 members (excludes halogenated alkanes) is 1. The van der Waals surface area contributed by atoms with Crippen LogP contribution in [-0.4, -0.2) is 159 Å². The van der Waals surface area contributed by atoms with Crippen molar-refractivity contribution in [3.8, 4) is 0 Å². The van der Waals surface area contributed by atoms with Gasteiger partial charge in [-0.1, -0.05) is 75.3 Å². The van der Waals surface area contributed by atoms with E-state index in [2.05, 4.69) is 69.9 Å². The molecule has 4 atom stereocenters. The number of ether oxygens (including phenoxy) is 3. The quantitative estimate of drug-likeness (QED) is 0.00938. The number of urea groups is 1. The number of carbonyl (C=O) groups excluding carboxylic acids is 7. The maximum Gasteiger partial charge on any atom is 0.315 e. The molecule has 2 aliphatic rings. The third-order valence-corrected chi connectivity index (χ3v) is 12.8. The molecule has 0 saturated carbocycles. The molecule has 13 N–H and O–H groups in total. The van der Waals surface area contributed by atoms with E-state index in [1.54, 1.807) is 20.8 Å². The molecule has 0 radical (unpaired) electrons.